The van der Waals surface area contributed by atoms with Crippen LogP contribution in [0.3, 0.4) is 0 Å². The molecule has 0 saturated carbocycles. The Hall–Kier alpha value is -2.23. The molecule has 2 aliphatic rings. The number of aromatic amines is 1. The minimum Gasteiger partial charge on any atom is -0.381 e. The van der Waals surface area contributed by atoms with Crippen molar-refractivity contribution in [2.45, 2.75) is 36.5 Å². The van der Waals surface area contributed by atoms with E-state index in [1.165, 1.54) is 6.07 Å². The molecule has 1 N–H and O–H groups in total. The van der Waals surface area contributed by atoms with Gasteiger partial charge in [0.05, 0.1) is 6.20 Å². The molecule has 0 radical (unpaired) electrons. The van der Waals surface area contributed by atoms with Crippen molar-refractivity contribution in [3.8, 4) is 0 Å². The van der Waals surface area contributed by atoms with E-state index in [0.29, 0.717) is 30.5 Å². The van der Waals surface area contributed by atoms with E-state index < -0.39 is 0 Å². The Morgan fingerprint density at radius 2 is 2.10 bits per heavy atom. The van der Waals surface area contributed by atoms with Crippen molar-refractivity contribution in [3.63, 3.8) is 0 Å². The molecule has 0 aliphatic carbocycles. The van der Waals surface area contributed by atoms with Gasteiger partial charge in [-0.3, -0.25) is 4.79 Å². The first-order valence-corrected chi connectivity index (χ1v) is 11.1. The fourth-order valence-corrected chi connectivity index (χ4v) is 5.51. The summed E-state index contributed by atoms with van der Waals surface area (Å²) in [6.45, 7) is 5.15. The van der Waals surface area contributed by atoms with Crippen molar-refractivity contribution < 1.29 is 9.13 Å². The Morgan fingerprint density at radius 1 is 1.27 bits per heavy atom. The number of rotatable bonds is 4. The molecule has 5 rings (SSSR count). The second kappa shape index (κ2) is 8.13. The molecule has 2 unspecified atom stereocenters. The lowest BCUT2D eigenvalue weighted by molar-refractivity contribution is 0.0832. The predicted molar refractivity (Wildman–Crippen MR) is 112 cm³/mol. The highest BCUT2D eigenvalue weighted by molar-refractivity contribution is 7.97. The summed E-state index contributed by atoms with van der Waals surface area (Å²) in [4.78, 5) is 21.1. The van der Waals surface area contributed by atoms with Crippen molar-refractivity contribution >= 4 is 17.5 Å². The van der Waals surface area contributed by atoms with E-state index >= 15 is 0 Å². The molecule has 2 atom stereocenters. The maximum Gasteiger partial charge on any atom is 0.276 e. The molecule has 0 spiro atoms. The second-order valence-electron chi connectivity index (χ2n) is 8.12. The van der Waals surface area contributed by atoms with E-state index in [9.17, 15) is 9.18 Å². The monoisotopic (exact) mass is 429 g/mol. The van der Waals surface area contributed by atoms with Crippen LogP contribution in [-0.4, -0.2) is 50.2 Å². The summed E-state index contributed by atoms with van der Waals surface area (Å²) < 4.78 is 22.9. The number of hydrogen-bond donors (Lipinski definition) is 1. The van der Waals surface area contributed by atoms with Crippen LogP contribution in [0, 0.1) is 11.7 Å². The average molecular weight is 430 g/mol. The van der Waals surface area contributed by atoms with Gasteiger partial charge in [0.25, 0.3) is 5.56 Å². The zero-order valence-corrected chi connectivity index (χ0v) is 17.6. The Labute approximate surface area is 177 Å². The van der Waals surface area contributed by atoms with Gasteiger partial charge in [0.15, 0.2) is 5.52 Å². The largest absolute Gasteiger partial charge is 0.381 e. The predicted octanol–water partition coefficient (Wildman–Crippen LogP) is 3.19. The zero-order chi connectivity index (χ0) is 20.7. The molecule has 2 fully saturated rings. The van der Waals surface area contributed by atoms with E-state index in [2.05, 4.69) is 21.2 Å². The molecule has 0 amide bonds. The molecule has 158 valence electrons. The van der Waals surface area contributed by atoms with Crippen LogP contribution in [0.4, 0.5) is 4.39 Å². The number of imidazole rings is 1. The highest BCUT2D eigenvalue weighted by Crippen LogP contribution is 2.36. The van der Waals surface area contributed by atoms with E-state index in [0.717, 1.165) is 36.7 Å². The number of nitrogens with one attached hydrogen (secondary N) is 1. The molecule has 4 heterocycles. The lowest BCUT2D eigenvalue weighted by atomic mass is 9.97. The molecular formula is C21H24FN5O2S. The second-order valence-corrected chi connectivity index (χ2v) is 9.29. The van der Waals surface area contributed by atoms with Gasteiger partial charge in [-0.25, -0.2) is 18.2 Å². The fourth-order valence-electron chi connectivity index (χ4n) is 4.36. The van der Waals surface area contributed by atoms with E-state index in [1.54, 1.807) is 34.8 Å². The summed E-state index contributed by atoms with van der Waals surface area (Å²) in [6, 6.07) is 6.62. The molecule has 9 heteroatoms. The lowest BCUT2D eigenvalue weighted by Gasteiger charge is -2.21. The van der Waals surface area contributed by atoms with Crippen molar-refractivity contribution in [2.24, 2.45) is 5.92 Å². The molecule has 2 aliphatic heterocycles. The quantitative estimate of drug-likeness (QED) is 0.642. The number of hydrogen-bond acceptors (Lipinski definition) is 6. The van der Waals surface area contributed by atoms with Crippen LogP contribution in [0.5, 0.6) is 0 Å². The molecule has 3 aromatic rings. The molecule has 2 saturated heterocycles. The van der Waals surface area contributed by atoms with E-state index in [-0.39, 0.29) is 23.2 Å². The van der Waals surface area contributed by atoms with Gasteiger partial charge in [-0.05, 0) is 48.9 Å². The normalized spacial score (nSPS) is 23.4. The molecule has 30 heavy (non-hydrogen) atoms. The highest BCUT2D eigenvalue weighted by atomic mass is 32.2. The topological polar surface area (TPSA) is 75.5 Å². The van der Waals surface area contributed by atoms with Gasteiger partial charge in [0.1, 0.15) is 17.5 Å². The van der Waals surface area contributed by atoms with Gasteiger partial charge in [-0.1, -0.05) is 13.0 Å². The standard InChI is InChI=1S/C21H24FN5O2S/c1-13-11-26(30-16-4-2-3-15(22)9-16)12-17(13)19-24-21(28)18-10-23-20(27(18)25-19)14-5-7-29-8-6-14/h2-4,9-10,13-14,17H,5-8,11-12H2,1H3,(H,24,25,28). The van der Waals surface area contributed by atoms with E-state index in [1.807, 2.05) is 6.07 Å². The van der Waals surface area contributed by atoms with Crippen molar-refractivity contribution in [1.82, 2.24) is 23.9 Å². The zero-order valence-electron chi connectivity index (χ0n) is 16.8. The van der Waals surface area contributed by atoms with Gasteiger partial charge in [0, 0.05) is 43.0 Å². The third kappa shape index (κ3) is 3.77. The summed E-state index contributed by atoms with van der Waals surface area (Å²) >= 11 is 1.54. The Balaban J connectivity index is 1.42. The first-order chi connectivity index (χ1) is 14.6. The summed E-state index contributed by atoms with van der Waals surface area (Å²) in [5, 5.41) is 4.82. The van der Waals surface area contributed by atoms with Gasteiger partial charge in [-0.2, -0.15) is 5.10 Å². The molecule has 2 aromatic heterocycles. The van der Waals surface area contributed by atoms with Crippen LogP contribution in [0.1, 0.15) is 43.3 Å². The first-order valence-electron chi connectivity index (χ1n) is 10.3. The van der Waals surface area contributed by atoms with Crippen LogP contribution in [0.15, 0.2) is 40.2 Å². The summed E-state index contributed by atoms with van der Waals surface area (Å²) in [5.74, 6) is 1.95. The van der Waals surface area contributed by atoms with Gasteiger partial charge < -0.3 is 9.72 Å². The number of fused-ring (bicyclic) bond motifs is 1. The third-order valence-corrected chi connectivity index (χ3v) is 7.01. The van der Waals surface area contributed by atoms with Gasteiger partial charge in [-0.15, -0.1) is 0 Å². The van der Waals surface area contributed by atoms with Crippen LogP contribution >= 0.6 is 11.9 Å². The molecule has 0 bridgehead atoms. The van der Waals surface area contributed by atoms with Gasteiger partial charge in [0.2, 0.25) is 0 Å². The van der Waals surface area contributed by atoms with Crippen LogP contribution < -0.4 is 5.56 Å². The first kappa shape index (κ1) is 19.7. The summed E-state index contributed by atoms with van der Waals surface area (Å²) in [5.41, 5.74) is 0.325. The molecule has 7 nitrogen and oxygen atoms in total. The maximum atomic E-state index is 13.5. The van der Waals surface area contributed by atoms with Crippen molar-refractivity contribution in [1.29, 1.82) is 0 Å². The third-order valence-electron chi connectivity index (χ3n) is 5.99. The van der Waals surface area contributed by atoms with Crippen LogP contribution in [0.2, 0.25) is 0 Å². The van der Waals surface area contributed by atoms with Gasteiger partial charge >= 0.3 is 0 Å². The Kier molecular flexibility index (Phi) is 5.34. The minimum absolute atomic E-state index is 0.0908. The number of H-pyrrole nitrogens is 1. The number of aromatic nitrogens is 4. The summed E-state index contributed by atoms with van der Waals surface area (Å²) in [6.07, 6.45) is 3.40. The Morgan fingerprint density at radius 3 is 2.90 bits per heavy atom. The van der Waals surface area contributed by atoms with Crippen molar-refractivity contribution in [3.05, 3.63) is 58.3 Å². The van der Waals surface area contributed by atoms with Crippen LogP contribution in [0.25, 0.3) is 5.52 Å². The van der Waals surface area contributed by atoms with Crippen LogP contribution in [-0.2, 0) is 4.74 Å². The smallest absolute Gasteiger partial charge is 0.276 e. The molecule has 1 aromatic carbocycles. The average Bonchev–Trinajstić information content (AvgIpc) is 3.32. The number of halogens is 1. The maximum absolute atomic E-state index is 13.5. The lowest BCUT2D eigenvalue weighted by Crippen LogP contribution is -2.23. The SMILES string of the molecule is CC1CN(Sc2cccc(F)c2)CC1c1nn2c(C3CCOCC3)ncc2c(=O)[nH]1. The van der Waals surface area contributed by atoms with E-state index in [4.69, 9.17) is 9.84 Å². The fraction of sp³-hybridized carbons (Fsp3) is 0.476. The number of benzene rings is 1. The summed E-state index contributed by atoms with van der Waals surface area (Å²) in [7, 11) is 0. The number of nitrogens with zero attached hydrogens (tertiary/aromatic N) is 4. The molecular weight excluding hydrogens is 405 g/mol. The van der Waals surface area contributed by atoms with Crippen molar-refractivity contribution in [2.75, 3.05) is 26.3 Å². The minimum atomic E-state index is -0.235. The number of ether oxygens (including phenoxy) is 1. The highest BCUT2D eigenvalue weighted by Gasteiger charge is 2.34. The Bertz CT molecular complexity index is 1110.